The summed E-state index contributed by atoms with van der Waals surface area (Å²) in [5, 5.41) is 12.1. The fourth-order valence-corrected chi connectivity index (χ4v) is 1.75. The van der Waals surface area contributed by atoms with Gasteiger partial charge in [-0.15, -0.1) is 0 Å². The van der Waals surface area contributed by atoms with E-state index in [0.717, 1.165) is 5.56 Å². The minimum Gasteiger partial charge on any atom is -0.508 e. The van der Waals surface area contributed by atoms with Crippen LogP contribution in [0.5, 0.6) is 5.75 Å². The Morgan fingerprint density at radius 1 is 1.21 bits per heavy atom. The minimum absolute atomic E-state index is 0.0666. The molecular formula is C15H16N2O2. The molecule has 0 aliphatic rings. The molecule has 98 valence electrons. The van der Waals surface area contributed by atoms with Crippen molar-refractivity contribution in [3.8, 4) is 5.75 Å². The molecule has 0 saturated carbocycles. The number of carbonyl (C=O) groups is 1. The minimum atomic E-state index is -0.266. The highest BCUT2D eigenvalue weighted by Crippen LogP contribution is 2.17. The van der Waals surface area contributed by atoms with Crippen LogP contribution in [-0.4, -0.2) is 11.0 Å². The first kappa shape index (κ1) is 13.1. The van der Waals surface area contributed by atoms with Crippen LogP contribution in [0.15, 0.2) is 48.5 Å². The Morgan fingerprint density at radius 3 is 2.63 bits per heavy atom. The van der Waals surface area contributed by atoms with E-state index >= 15 is 0 Å². The van der Waals surface area contributed by atoms with Gasteiger partial charge in [-0.2, -0.15) is 0 Å². The van der Waals surface area contributed by atoms with Gasteiger partial charge in [-0.3, -0.25) is 4.79 Å². The van der Waals surface area contributed by atoms with Crippen LogP contribution in [-0.2, 0) is 0 Å². The second-order valence-corrected chi connectivity index (χ2v) is 4.42. The monoisotopic (exact) mass is 256 g/mol. The maximum absolute atomic E-state index is 12.0. The van der Waals surface area contributed by atoms with E-state index in [2.05, 4.69) is 5.32 Å². The number of amides is 1. The van der Waals surface area contributed by atoms with Crippen molar-refractivity contribution in [3.63, 3.8) is 0 Å². The molecule has 0 aliphatic carbocycles. The number of rotatable bonds is 3. The SMILES string of the molecule is CC(N)c1cccc(NC(=O)c2cccc(O)c2)c1. The fourth-order valence-electron chi connectivity index (χ4n) is 1.75. The summed E-state index contributed by atoms with van der Waals surface area (Å²) in [6, 6.07) is 13.5. The zero-order chi connectivity index (χ0) is 13.8. The molecule has 4 nitrogen and oxygen atoms in total. The maximum Gasteiger partial charge on any atom is 0.255 e. The van der Waals surface area contributed by atoms with Gasteiger partial charge in [-0.25, -0.2) is 0 Å². The van der Waals surface area contributed by atoms with E-state index in [9.17, 15) is 9.90 Å². The lowest BCUT2D eigenvalue weighted by atomic mass is 10.1. The predicted molar refractivity (Wildman–Crippen MR) is 75.1 cm³/mol. The van der Waals surface area contributed by atoms with Crippen molar-refractivity contribution in [2.75, 3.05) is 5.32 Å². The molecule has 0 fully saturated rings. The molecule has 1 unspecified atom stereocenters. The topological polar surface area (TPSA) is 75.3 Å². The molecule has 0 saturated heterocycles. The lowest BCUT2D eigenvalue weighted by Crippen LogP contribution is -2.12. The summed E-state index contributed by atoms with van der Waals surface area (Å²) in [7, 11) is 0. The highest BCUT2D eigenvalue weighted by molar-refractivity contribution is 6.04. The fraction of sp³-hybridized carbons (Fsp3) is 0.133. The average Bonchev–Trinajstić information content (AvgIpc) is 2.39. The van der Waals surface area contributed by atoms with E-state index in [0.29, 0.717) is 11.3 Å². The van der Waals surface area contributed by atoms with Crippen molar-refractivity contribution < 1.29 is 9.90 Å². The van der Waals surface area contributed by atoms with E-state index in [4.69, 9.17) is 5.73 Å². The molecule has 2 aromatic rings. The van der Waals surface area contributed by atoms with E-state index in [1.54, 1.807) is 18.2 Å². The Kier molecular flexibility index (Phi) is 3.82. The Bertz CT molecular complexity index is 594. The number of hydrogen-bond donors (Lipinski definition) is 3. The first-order valence-electron chi connectivity index (χ1n) is 6.02. The zero-order valence-corrected chi connectivity index (χ0v) is 10.6. The quantitative estimate of drug-likeness (QED) is 0.790. The molecule has 0 heterocycles. The molecular weight excluding hydrogens is 240 g/mol. The van der Waals surface area contributed by atoms with Crippen LogP contribution < -0.4 is 11.1 Å². The molecule has 19 heavy (non-hydrogen) atoms. The van der Waals surface area contributed by atoms with Crippen molar-refractivity contribution in [1.82, 2.24) is 0 Å². The molecule has 1 atom stereocenters. The van der Waals surface area contributed by atoms with Crippen LogP contribution >= 0.6 is 0 Å². The number of aromatic hydroxyl groups is 1. The summed E-state index contributed by atoms with van der Waals surface area (Å²) in [6.07, 6.45) is 0. The Balaban J connectivity index is 2.17. The van der Waals surface area contributed by atoms with Gasteiger partial charge in [-0.05, 0) is 42.8 Å². The zero-order valence-electron chi connectivity index (χ0n) is 10.6. The number of anilines is 1. The third kappa shape index (κ3) is 3.33. The first-order chi connectivity index (χ1) is 9.06. The molecule has 2 aromatic carbocycles. The molecule has 0 spiro atoms. The summed E-state index contributed by atoms with van der Waals surface area (Å²) in [6.45, 7) is 1.89. The maximum atomic E-state index is 12.0. The number of benzene rings is 2. The van der Waals surface area contributed by atoms with Crippen LogP contribution in [0.1, 0.15) is 28.9 Å². The number of nitrogens with two attached hydrogens (primary N) is 1. The van der Waals surface area contributed by atoms with Gasteiger partial charge < -0.3 is 16.2 Å². The average molecular weight is 256 g/mol. The molecule has 0 bridgehead atoms. The summed E-state index contributed by atoms with van der Waals surface area (Å²) in [5.74, 6) is -0.199. The lowest BCUT2D eigenvalue weighted by molar-refractivity contribution is 0.102. The molecule has 1 amide bonds. The molecule has 4 N–H and O–H groups in total. The standard InChI is InChI=1S/C15H16N2O2/c1-10(16)11-4-2-6-13(8-11)17-15(19)12-5-3-7-14(18)9-12/h2-10,18H,16H2,1H3,(H,17,19). The van der Waals surface area contributed by atoms with E-state index in [1.165, 1.54) is 12.1 Å². The number of hydrogen-bond acceptors (Lipinski definition) is 3. The summed E-state index contributed by atoms with van der Waals surface area (Å²) in [4.78, 5) is 12.0. The Morgan fingerprint density at radius 2 is 1.95 bits per heavy atom. The third-order valence-corrected chi connectivity index (χ3v) is 2.78. The summed E-state index contributed by atoms with van der Waals surface area (Å²) in [5.41, 5.74) is 7.84. The van der Waals surface area contributed by atoms with Gasteiger partial charge in [0.2, 0.25) is 0 Å². The Labute approximate surface area is 111 Å². The second-order valence-electron chi connectivity index (χ2n) is 4.42. The third-order valence-electron chi connectivity index (χ3n) is 2.78. The highest BCUT2D eigenvalue weighted by atomic mass is 16.3. The summed E-state index contributed by atoms with van der Waals surface area (Å²) < 4.78 is 0. The van der Waals surface area contributed by atoms with E-state index < -0.39 is 0 Å². The largest absolute Gasteiger partial charge is 0.508 e. The van der Waals surface area contributed by atoms with Crippen LogP contribution in [0, 0.1) is 0 Å². The number of phenolic OH excluding ortho intramolecular Hbond substituents is 1. The van der Waals surface area contributed by atoms with Crippen molar-refractivity contribution in [2.45, 2.75) is 13.0 Å². The van der Waals surface area contributed by atoms with E-state index in [-0.39, 0.29) is 17.7 Å². The molecule has 2 rings (SSSR count). The molecule has 0 radical (unpaired) electrons. The van der Waals surface area contributed by atoms with Crippen LogP contribution in [0.3, 0.4) is 0 Å². The smallest absolute Gasteiger partial charge is 0.255 e. The lowest BCUT2D eigenvalue weighted by Gasteiger charge is -2.09. The van der Waals surface area contributed by atoms with Gasteiger partial charge in [0.25, 0.3) is 5.91 Å². The number of carbonyl (C=O) groups excluding carboxylic acids is 1. The van der Waals surface area contributed by atoms with Crippen molar-refractivity contribution >= 4 is 11.6 Å². The van der Waals surface area contributed by atoms with Crippen LogP contribution in [0.4, 0.5) is 5.69 Å². The van der Waals surface area contributed by atoms with Gasteiger partial charge >= 0.3 is 0 Å². The van der Waals surface area contributed by atoms with Crippen molar-refractivity contribution in [1.29, 1.82) is 0 Å². The first-order valence-corrected chi connectivity index (χ1v) is 6.02. The van der Waals surface area contributed by atoms with Crippen LogP contribution in [0.2, 0.25) is 0 Å². The number of phenols is 1. The van der Waals surface area contributed by atoms with Crippen LogP contribution in [0.25, 0.3) is 0 Å². The van der Waals surface area contributed by atoms with Gasteiger partial charge in [0, 0.05) is 17.3 Å². The highest BCUT2D eigenvalue weighted by Gasteiger charge is 2.07. The van der Waals surface area contributed by atoms with Gasteiger partial charge in [-0.1, -0.05) is 18.2 Å². The normalized spacial score (nSPS) is 11.9. The van der Waals surface area contributed by atoms with Crippen molar-refractivity contribution in [2.24, 2.45) is 5.73 Å². The van der Waals surface area contributed by atoms with E-state index in [1.807, 2.05) is 25.1 Å². The van der Waals surface area contributed by atoms with Gasteiger partial charge in [0.1, 0.15) is 5.75 Å². The molecule has 4 heteroatoms. The number of nitrogens with one attached hydrogen (secondary N) is 1. The predicted octanol–water partition coefficient (Wildman–Crippen LogP) is 2.66. The second kappa shape index (κ2) is 5.54. The van der Waals surface area contributed by atoms with Gasteiger partial charge in [0.05, 0.1) is 0 Å². The summed E-state index contributed by atoms with van der Waals surface area (Å²) >= 11 is 0. The van der Waals surface area contributed by atoms with Crippen molar-refractivity contribution in [3.05, 3.63) is 59.7 Å². The van der Waals surface area contributed by atoms with Gasteiger partial charge in [0.15, 0.2) is 0 Å². The Hall–Kier alpha value is -2.33. The molecule has 0 aliphatic heterocycles. The molecule has 0 aromatic heterocycles.